The zero-order valence-electron chi connectivity index (χ0n) is 7.61. The van der Waals surface area contributed by atoms with Gasteiger partial charge in [-0.2, -0.15) is 0 Å². The lowest BCUT2D eigenvalue weighted by atomic mass is 10.3. The minimum atomic E-state index is 0.584. The molecule has 14 heavy (non-hydrogen) atoms. The SMILES string of the molecule is BrCC1CN=C(Nc2ccccc2)S1. The standard InChI is InChI=1S/C10H11BrN2S/c11-6-9-7-12-10(14-9)13-8-4-2-1-3-5-8/h1-5,9H,6-7H2,(H,12,13). The monoisotopic (exact) mass is 270 g/mol. The van der Waals surface area contributed by atoms with Crippen LogP contribution in [-0.4, -0.2) is 22.3 Å². The van der Waals surface area contributed by atoms with Crippen molar-refractivity contribution in [2.45, 2.75) is 5.25 Å². The van der Waals surface area contributed by atoms with Crippen LogP contribution in [0.5, 0.6) is 0 Å². The van der Waals surface area contributed by atoms with Crippen molar-refractivity contribution in [2.75, 3.05) is 17.2 Å². The van der Waals surface area contributed by atoms with Crippen LogP contribution < -0.4 is 5.32 Å². The predicted molar refractivity (Wildman–Crippen MR) is 67.5 cm³/mol. The van der Waals surface area contributed by atoms with Crippen LogP contribution in [0.1, 0.15) is 0 Å². The molecule has 1 heterocycles. The summed E-state index contributed by atoms with van der Waals surface area (Å²) in [5, 5.41) is 5.91. The molecular weight excluding hydrogens is 260 g/mol. The highest BCUT2D eigenvalue weighted by atomic mass is 79.9. The maximum absolute atomic E-state index is 4.42. The van der Waals surface area contributed by atoms with Gasteiger partial charge in [0.25, 0.3) is 0 Å². The first-order chi connectivity index (χ1) is 6.88. The van der Waals surface area contributed by atoms with Crippen LogP contribution in [-0.2, 0) is 0 Å². The number of anilines is 1. The maximum atomic E-state index is 4.42. The highest BCUT2D eigenvalue weighted by Gasteiger charge is 2.17. The van der Waals surface area contributed by atoms with Gasteiger partial charge in [-0.05, 0) is 12.1 Å². The van der Waals surface area contributed by atoms with Crippen molar-refractivity contribution >= 4 is 38.5 Å². The predicted octanol–water partition coefficient (Wildman–Crippen LogP) is 2.96. The summed E-state index contributed by atoms with van der Waals surface area (Å²) in [5.41, 5.74) is 1.11. The molecular formula is C10H11BrN2S. The molecule has 2 nitrogen and oxygen atoms in total. The van der Waals surface area contributed by atoms with Crippen LogP contribution in [0, 0.1) is 0 Å². The van der Waals surface area contributed by atoms with E-state index in [-0.39, 0.29) is 0 Å². The van der Waals surface area contributed by atoms with Gasteiger partial charge >= 0.3 is 0 Å². The molecule has 0 saturated carbocycles. The van der Waals surface area contributed by atoms with Crippen molar-refractivity contribution in [3.8, 4) is 0 Å². The van der Waals surface area contributed by atoms with Crippen molar-refractivity contribution in [1.82, 2.24) is 0 Å². The van der Waals surface area contributed by atoms with Crippen LogP contribution in [0.2, 0.25) is 0 Å². The van der Waals surface area contributed by atoms with Crippen LogP contribution >= 0.6 is 27.7 Å². The van der Waals surface area contributed by atoms with Gasteiger partial charge in [-0.25, -0.2) is 0 Å². The summed E-state index contributed by atoms with van der Waals surface area (Å²) in [6.07, 6.45) is 0. The summed E-state index contributed by atoms with van der Waals surface area (Å²) in [4.78, 5) is 4.42. The Bertz CT molecular complexity index is 326. The fourth-order valence-corrected chi connectivity index (χ4v) is 2.67. The number of amidine groups is 1. The highest BCUT2D eigenvalue weighted by molar-refractivity contribution is 9.09. The van der Waals surface area contributed by atoms with E-state index < -0.39 is 0 Å². The number of hydrogen-bond donors (Lipinski definition) is 1. The summed E-state index contributed by atoms with van der Waals surface area (Å²) >= 11 is 5.26. The molecule has 0 aromatic heterocycles. The van der Waals surface area contributed by atoms with Gasteiger partial charge in [0.05, 0.1) is 6.54 Å². The van der Waals surface area contributed by atoms with Gasteiger partial charge in [-0.1, -0.05) is 45.9 Å². The van der Waals surface area contributed by atoms with E-state index >= 15 is 0 Å². The average Bonchev–Trinajstić information content (AvgIpc) is 2.67. The van der Waals surface area contributed by atoms with Gasteiger partial charge < -0.3 is 5.32 Å². The van der Waals surface area contributed by atoms with Crippen LogP contribution in [0.4, 0.5) is 5.69 Å². The van der Waals surface area contributed by atoms with Crippen molar-refractivity contribution in [2.24, 2.45) is 4.99 Å². The van der Waals surface area contributed by atoms with Crippen molar-refractivity contribution in [3.05, 3.63) is 30.3 Å². The number of para-hydroxylation sites is 1. The molecule has 4 heteroatoms. The van der Waals surface area contributed by atoms with Gasteiger partial charge in [0, 0.05) is 16.3 Å². The summed E-state index contributed by atoms with van der Waals surface area (Å²) < 4.78 is 0. The molecule has 0 spiro atoms. The number of nitrogens with zero attached hydrogens (tertiary/aromatic N) is 1. The van der Waals surface area contributed by atoms with Crippen LogP contribution in [0.15, 0.2) is 35.3 Å². The minimum absolute atomic E-state index is 0.584. The molecule has 2 rings (SSSR count). The number of alkyl halides is 1. The summed E-state index contributed by atoms with van der Waals surface area (Å²) in [6.45, 7) is 0.908. The van der Waals surface area contributed by atoms with Crippen molar-refractivity contribution in [1.29, 1.82) is 0 Å². The molecule has 1 N–H and O–H groups in total. The number of aliphatic imine (C=N–C) groups is 1. The molecule has 1 aromatic carbocycles. The van der Waals surface area contributed by atoms with E-state index in [9.17, 15) is 0 Å². The number of halogens is 1. The van der Waals surface area contributed by atoms with Crippen molar-refractivity contribution < 1.29 is 0 Å². The molecule has 0 saturated heterocycles. The molecule has 0 aliphatic carbocycles. The first kappa shape index (κ1) is 10.1. The van der Waals surface area contributed by atoms with Crippen LogP contribution in [0.3, 0.4) is 0 Å². The van der Waals surface area contributed by atoms with E-state index in [0.717, 1.165) is 22.7 Å². The second-order valence-electron chi connectivity index (χ2n) is 3.03. The third-order valence-corrected chi connectivity index (χ3v) is 4.23. The Balaban J connectivity index is 1.94. The number of benzene rings is 1. The van der Waals surface area contributed by atoms with Gasteiger partial charge in [0.15, 0.2) is 5.17 Å². The molecule has 1 unspecified atom stereocenters. The van der Waals surface area contributed by atoms with Crippen molar-refractivity contribution in [3.63, 3.8) is 0 Å². The zero-order valence-corrected chi connectivity index (χ0v) is 10.0. The lowest BCUT2D eigenvalue weighted by molar-refractivity contribution is 0.993. The van der Waals surface area contributed by atoms with E-state index in [1.54, 1.807) is 11.8 Å². The number of rotatable bonds is 2. The van der Waals surface area contributed by atoms with Crippen LogP contribution in [0.25, 0.3) is 0 Å². The second kappa shape index (κ2) is 4.84. The van der Waals surface area contributed by atoms with Gasteiger partial charge in [-0.15, -0.1) is 0 Å². The lowest BCUT2D eigenvalue weighted by Crippen LogP contribution is -2.08. The lowest BCUT2D eigenvalue weighted by Gasteiger charge is -2.05. The Kier molecular flexibility index (Phi) is 3.48. The molecule has 0 radical (unpaired) electrons. The topological polar surface area (TPSA) is 24.4 Å². The second-order valence-corrected chi connectivity index (χ2v) is 4.97. The highest BCUT2D eigenvalue weighted by Crippen LogP contribution is 2.23. The third-order valence-electron chi connectivity index (χ3n) is 1.91. The fraction of sp³-hybridized carbons (Fsp3) is 0.300. The number of nitrogens with one attached hydrogen (secondary N) is 1. The zero-order chi connectivity index (χ0) is 9.80. The van der Waals surface area contributed by atoms with Gasteiger partial charge in [-0.3, -0.25) is 4.99 Å². The van der Waals surface area contributed by atoms with E-state index in [0.29, 0.717) is 5.25 Å². The molecule has 0 amide bonds. The first-order valence-corrected chi connectivity index (χ1v) is 6.48. The minimum Gasteiger partial charge on any atom is -0.335 e. The summed E-state index contributed by atoms with van der Waals surface area (Å²) in [5.74, 6) is 0. The van der Waals surface area contributed by atoms with E-state index in [4.69, 9.17) is 0 Å². The smallest absolute Gasteiger partial charge is 0.161 e. The molecule has 0 bridgehead atoms. The largest absolute Gasteiger partial charge is 0.335 e. The van der Waals surface area contributed by atoms with E-state index in [1.807, 2.05) is 30.3 Å². The molecule has 1 atom stereocenters. The Morgan fingerprint density at radius 2 is 2.21 bits per heavy atom. The van der Waals surface area contributed by atoms with E-state index in [1.165, 1.54) is 0 Å². The molecule has 74 valence electrons. The van der Waals surface area contributed by atoms with Gasteiger partial charge in [0.1, 0.15) is 0 Å². The maximum Gasteiger partial charge on any atom is 0.161 e. The van der Waals surface area contributed by atoms with Gasteiger partial charge in [0.2, 0.25) is 0 Å². The third kappa shape index (κ3) is 2.51. The Morgan fingerprint density at radius 1 is 1.43 bits per heavy atom. The molecule has 0 fully saturated rings. The number of thioether (sulfide) groups is 1. The quantitative estimate of drug-likeness (QED) is 0.836. The fourth-order valence-electron chi connectivity index (χ4n) is 1.21. The summed E-state index contributed by atoms with van der Waals surface area (Å²) in [6, 6.07) is 10.1. The molecule has 1 aliphatic heterocycles. The number of hydrogen-bond acceptors (Lipinski definition) is 3. The average molecular weight is 271 g/mol. The van der Waals surface area contributed by atoms with E-state index in [2.05, 4.69) is 26.2 Å². The Hall–Kier alpha value is -0.480. The molecule has 1 aliphatic rings. The summed E-state index contributed by atoms with van der Waals surface area (Å²) in [7, 11) is 0. The molecule has 1 aromatic rings. The normalized spacial score (nSPS) is 20.6. The Labute approximate surface area is 96.3 Å². The first-order valence-electron chi connectivity index (χ1n) is 4.47. The Morgan fingerprint density at radius 3 is 2.86 bits per heavy atom.